The van der Waals surface area contributed by atoms with Gasteiger partial charge in [-0.15, -0.1) is 0 Å². The molecule has 1 aliphatic heterocycles. The number of hydrogen-bond donors (Lipinski definition) is 1. The van der Waals surface area contributed by atoms with Crippen LogP contribution in [-0.2, 0) is 0 Å². The average Bonchev–Trinajstić information content (AvgIpc) is 2.71. The van der Waals surface area contributed by atoms with Crippen molar-refractivity contribution in [2.24, 2.45) is 11.7 Å². The van der Waals surface area contributed by atoms with Crippen LogP contribution in [-0.4, -0.2) is 24.5 Å². The molecule has 1 aliphatic rings. The van der Waals surface area contributed by atoms with Gasteiger partial charge in [0, 0.05) is 12.6 Å². The van der Waals surface area contributed by atoms with Gasteiger partial charge in [-0.25, -0.2) is 0 Å². The minimum absolute atomic E-state index is 0.177. The van der Waals surface area contributed by atoms with Gasteiger partial charge in [-0.1, -0.05) is 55.1 Å². The SMILES string of the molecule is CCCC1CCCN(C(CN)c2cccc(Cl)c2Cl)CC1. The smallest absolute Gasteiger partial charge is 0.0640 e. The molecule has 1 aromatic rings. The first-order chi connectivity index (χ1) is 10.2. The fourth-order valence-corrected chi connectivity index (χ4v) is 3.88. The largest absolute Gasteiger partial charge is 0.329 e. The Bertz CT molecular complexity index is 450. The molecule has 21 heavy (non-hydrogen) atoms. The monoisotopic (exact) mass is 328 g/mol. The van der Waals surface area contributed by atoms with Gasteiger partial charge in [0.2, 0.25) is 0 Å². The predicted molar refractivity (Wildman–Crippen MR) is 92.1 cm³/mol. The fourth-order valence-electron chi connectivity index (χ4n) is 3.45. The van der Waals surface area contributed by atoms with E-state index in [0.29, 0.717) is 16.6 Å². The van der Waals surface area contributed by atoms with Crippen molar-refractivity contribution in [2.75, 3.05) is 19.6 Å². The van der Waals surface area contributed by atoms with Crippen LogP contribution < -0.4 is 5.73 Å². The van der Waals surface area contributed by atoms with E-state index < -0.39 is 0 Å². The third-order valence-electron chi connectivity index (χ3n) is 4.58. The number of likely N-dealkylation sites (tertiary alicyclic amines) is 1. The highest BCUT2D eigenvalue weighted by Crippen LogP contribution is 2.34. The maximum Gasteiger partial charge on any atom is 0.0640 e. The first-order valence-corrected chi connectivity index (χ1v) is 8.81. The van der Waals surface area contributed by atoms with Crippen molar-refractivity contribution < 1.29 is 0 Å². The van der Waals surface area contributed by atoms with E-state index in [1.165, 1.54) is 32.1 Å². The van der Waals surface area contributed by atoms with E-state index in [1.54, 1.807) is 0 Å². The Morgan fingerprint density at radius 2 is 2.10 bits per heavy atom. The highest BCUT2D eigenvalue weighted by Gasteiger charge is 2.25. The molecule has 1 aromatic carbocycles. The van der Waals surface area contributed by atoms with Gasteiger partial charge < -0.3 is 5.73 Å². The topological polar surface area (TPSA) is 29.3 Å². The summed E-state index contributed by atoms with van der Waals surface area (Å²) in [7, 11) is 0. The summed E-state index contributed by atoms with van der Waals surface area (Å²) in [5.41, 5.74) is 7.13. The quantitative estimate of drug-likeness (QED) is 0.833. The van der Waals surface area contributed by atoms with Crippen LogP contribution in [0.25, 0.3) is 0 Å². The van der Waals surface area contributed by atoms with Crippen molar-refractivity contribution >= 4 is 23.2 Å². The zero-order chi connectivity index (χ0) is 15.2. The Kier molecular flexibility index (Phi) is 6.81. The van der Waals surface area contributed by atoms with Gasteiger partial charge in [-0.3, -0.25) is 4.90 Å². The number of hydrogen-bond acceptors (Lipinski definition) is 2. The highest BCUT2D eigenvalue weighted by atomic mass is 35.5. The second-order valence-electron chi connectivity index (χ2n) is 6.02. The van der Waals surface area contributed by atoms with Crippen molar-refractivity contribution in [1.29, 1.82) is 0 Å². The number of halogens is 2. The Hall–Kier alpha value is -0.280. The van der Waals surface area contributed by atoms with Crippen LogP contribution in [0.5, 0.6) is 0 Å². The third kappa shape index (κ3) is 4.35. The Labute approximate surface area is 138 Å². The van der Waals surface area contributed by atoms with Crippen LogP contribution in [0.3, 0.4) is 0 Å². The van der Waals surface area contributed by atoms with Gasteiger partial charge >= 0.3 is 0 Å². The second-order valence-corrected chi connectivity index (χ2v) is 6.80. The molecule has 0 amide bonds. The number of nitrogens with two attached hydrogens (primary N) is 1. The Morgan fingerprint density at radius 1 is 1.29 bits per heavy atom. The predicted octanol–water partition coefficient (Wildman–Crippen LogP) is 4.90. The molecule has 1 saturated heterocycles. The molecule has 0 saturated carbocycles. The molecule has 118 valence electrons. The van der Waals surface area contributed by atoms with Crippen LogP contribution in [0.1, 0.15) is 50.6 Å². The maximum absolute atomic E-state index is 6.39. The molecule has 0 bridgehead atoms. The Morgan fingerprint density at radius 3 is 2.81 bits per heavy atom. The van der Waals surface area contributed by atoms with Gasteiger partial charge in [0.15, 0.2) is 0 Å². The van der Waals surface area contributed by atoms with Gasteiger partial charge in [-0.05, 0) is 49.9 Å². The van der Waals surface area contributed by atoms with Gasteiger partial charge in [-0.2, -0.15) is 0 Å². The summed E-state index contributed by atoms with van der Waals surface area (Å²) in [4.78, 5) is 2.49. The number of benzene rings is 1. The van der Waals surface area contributed by atoms with E-state index in [-0.39, 0.29) is 6.04 Å². The molecule has 0 spiro atoms. The summed E-state index contributed by atoms with van der Waals surface area (Å²) in [6.45, 7) is 5.07. The molecule has 2 unspecified atom stereocenters. The van der Waals surface area contributed by atoms with E-state index in [9.17, 15) is 0 Å². The summed E-state index contributed by atoms with van der Waals surface area (Å²) in [6, 6.07) is 6.03. The van der Waals surface area contributed by atoms with E-state index in [1.807, 2.05) is 12.1 Å². The standard InChI is InChI=1S/C17H26Cl2N2/c1-2-5-13-6-4-10-21(11-9-13)16(12-20)14-7-3-8-15(18)17(14)19/h3,7-8,13,16H,2,4-6,9-12,20H2,1H3. The molecule has 2 atom stereocenters. The van der Waals surface area contributed by atoms with Gasteiger partial charge in [0.05, 0.1) is 10.0 Å². The summed E-state index contributed by atoms with van der Waals surface area (Å²) in [5.74, 6) is 0.869. The van der Waals surface area contributed by atoms with Crippen LogP contribution in [0.4, 0.5) is 0 Å². The first kappa shape index (κ1) is 17.1. The molecular formula is C17H26Cl2N2. The molecule has 4 heteroatoms. The molecule has 1 fully saturated rings. The average molecular weight is 329 g/mol. The molecule has 2 nitrogen and oxygen atoms in total. The van der Waals surface area contributed by atoms with E-state index in [0.717, 1.165) is 24.6 Å². The second kappa shape index (κ2) is 8.38. The Balaban J connectivity index is 2.12. The van der Waals surface area contributed by atoms with Gasteiger partial charge in [0.1, 0.15) is 0 Å². The number of rotatable bonds is 5. The molecule has 0 aliphatic carbocycles. The van der Waals surface area contributed by atoms with Crippen molar-refractivity contribution in [3.8, 4) is 0 Å². The van der Waals surface area contributed by atoms with Crippen LogP contribution in [0.15, 0.2) is 18.2 Å². The van der Waals surface area contributed by atoms with Crippen molar-refractivity contribution in [1.82, 2.24) is 4.90 Å². The first-order valence-electron chi connectivity index (χ1n) is 8.05. The molecule has 2 rings (SSSR count). The zero-order valence-electron chi connectivity index (χ0n) is 12.8. The lowest BCUT2D eigenvalue weighted by Gasteiger charge is -2.31. The van der Waals surface area contributed by atoms with Gasteiger partial charge in [0.25, 0.3) is 0 Å². The lowest BCUT2D eigenvalue weighted by Crippen LogP contribution is -2.34. The molecule has 2 N–H and O–H groups in total. The maximum atomic E-state index is 6.39. The van der Waals surface area contributed by atoms with Crippen LogP contribution in [0, 0.1) is 5.92 Å². The van der Waals surface area contributed by atoms with Crippen molar-refractivity contribution in [2.45, 2.75) is 45.1 Å². The summed E-state index contributed by atoms with van der Waals surface area (Å²) >= 11 is 12.6. The summed E-state index contributed by atoms with van der Waals surface area (Å²) in [5, 5.41) is 1.27. The number of nitrogens with zero attached hydrogens (tertiary/aromatic N) is 1. The molecular weight excluding hydrogens is 303 g/mol. The minimum atomic E-state index is 0.177. The fraction of sp³-hybridized carbons (Fsp3) is 0.647. The van der Waals surface area contributed by atoms with E-state index >= 15 is 0 Å². The normalized spacial score (nSPS) is 22.0. The van der Waals surface area contributed by atoms with Crippen molar-refractivity contribution in [3.63, 3.8) is 0 Å². The lowest BCUT2D eigenvalue weighted by molar-refractivity contribution is 0.206. The van der Waals surface area contributed by atoms with Crippen molar-refractivity contribution in [3.05, 3.63) is 33.8 Å². The van der Waals surface area contributed by atoms with Crippen LogP contribution >= 0.6 is 23.2 Å². The molecule has 1 heterocycles. The highest BCUT2D eigenvalue weighted by molar-refractivity contribution is 6.42. The molecule has 0 radical (unpaired) electrons. The lowest BCUT2D eigenvalue weighted by atomic mass is 9.96. The zero-order valence-corrected chi connectivity index (χ0v) is 14.3. The summed E-state index contributed by atoms with van der Waals surface area (Å²) in [6.07, 6.45) is 6.48. The summed E-state index contributed by atoms with van der Waals surface area (Å²) < 4.78 is 0. The molecule has 0 aromatic heterocycles. The van der Waals surface area contributed by atoms with E-state index in [2.05, 4.69) is 17.9 Å². The minimum Gasteiger partial charge on any atom is -0.329 e. The third-order valence-corrected chi connectivity index (χ3v) is 5.42. The van der Waals surface area contributed by atoms with E-state index in [4.69, 9.17) is 28.9 Å². The van der Waals surface area contributed by atoms with Crippen LogP contribution in [0.2, 0.25) is 10.0 Å².